The number of benzene rings is 1. The molecule has 0 aliphatic carbocycles. The summed E-state index contributed by atoms with van der Waals surface area (Å²) in [6.45, 7) is 1.03. The summed E-state index contributed by atoms with van der Waals surface area (Å²) in [6, 6.07) is 6.83. The predicted molar refractivity (Wildman–Crippen MR) is 97.0 cm³/mol. The lowest BCUT2D eigenvalue weighted by atomic mass is 10.1. The highest BCUT2D eigenvalue weighted by Gasteiger charge is 2.25. The molecule has 136 valence electrons. The maximum atomic E-state index is 14.5. The smallest absolute Gasteiger partial charge is 0.273 e. The summed E-state index contributed by atoms with van der Waals surface area (Å²) >= 11 is 0. The first kappa shape index (κ1) is 17.0. The predicted octanol–water partition coefficient (Wildman–Crippen LogP) is 2.06. The maximum absolute atomic E-state index is 14.5. The van der Waals surface area contributed by atoms with E-state index in [2.05, 4.69) is 15.4 Å². The van der Waals surface area contributed by atoms with Crippen LogP contribution in [0.15, 0.2) is 36.7 Å². The first-order valence-electron chi connectivity index (χ1n) is 8.58. The molecule has 0 saturated carbocycles. The molecule has 3 heterocycles. The number of amides is 1. The molecule has 7 nitrogen and oxygen atoms in total. The maximum Gasteiger partial charge on any atom is 0.273 e. The van der Waals surface area contributed by atoms with E-state index in [4.69, 9.17) is 5.26 Å². The topological polar surface area (TPSA) is 86.8 Å². The Bertz CT molecular complexity index is 1070. The number of rotatable bonds is 3. The Morgan fingerprint density at radius 1 is 1.33 bits per heavy atom. The van der Waals surface area contributed by atoms with Gasteiger partial charge in [-0.3, -0.25) is 9.48 Å². The van der Waals surface area contributed by atoms with Gasteiger partial charge in [0.05, 0.1) is 11.7 Å². The van der Waals surface area contributed by atoms with Crippen LogP contribution in [-0.4, -0.2) is 44.7 Å². The molecule has 2 aromatic heterocycles. The molecule has 8 heteroatoms. The minimum atomic E-state index is -0.675. The average Bonchev–Trinajstić information content (AvgIpc) is 3.27. The van der Waals surface area contributed by atoms with Crippen molar-refractivity contribution in [3.8, 4) is 17.3 Å². The number of nitriles is 1. The van der Waals surface area contributed by atoms with Gasteiger partial charge in [0.15, 0.2) is 17.7 Å². The highest BCUT2D eigenvalue weighted by molar-refractivity contribution is 5.93. The number of nitrogens with one attached hydrogen (secondary N) is 1. The number of nitrogens with zero attached hydrogens (tertiary/aromatic N) is 5. The molecule has 0 radical (unpaired) electrons. The van der Waals surface area contributed by atoms with Gasteiger partial charge in [-0.15, -0.1) is 0 Å². The number of carbonyl (C=O) groups excluding carboxylic acids is 1. The van der Waals surface area contributed by atoms with Gasteiger partial charge in [-0.25, -0.2) is 9.37 Å². The number of halogens is 1. The molecule has 1 aromatic carbocycles. The third-order valence-corrected chi connectivity index (χ3v) is 4.80. The zero-order chi connectivity index (χ0) is 19.0. The van der Waals surface area contributed by atoms with Crippen molar-refractivity contribution in [1.82, 2.24) is 25.0 Å². The van der Waals surface area contributed by atoms with Crippen molar-refractivity contribution in [3.05, 3.63) is 48.2 Å². The van der Waals surface area contributed by atoms with Gasteiger partial charge in [-0.05, 0) is 30.2 Å². The quantitative estimate of drug-likeness (QED) is 0.719. The number of aromatic nitrogens is 3. The molecule has 1 saturated heterocycles. The monoisotopic (exact) mass is 364 g/mol. The van der Waals surface area contributed by atoms with E-state index in [0.717, 1.165) is 16.5 Å². The lowest BCUT2D eigenvalue weighted by molar-refractivity contribution is 0.0929. The van der Waals surface area contributed by atoms with Gasteiger partial charge >= 0.3 is 0 Å². The Morgan fingerprint density at radius 3 is 2.93 bits per heavy atom. The summed E-state index contributed by atoms with van der Waals surface area (Å²) in [5.74, 6) is -1.24. The van der Waals surface area contributed by atoms with Crippen LogP contribution in [0, 0.1) is 17.3 Å². The Labute approximate surface area is 155 Å². The molecule has 1 N–H and O–H groups in total. The number of aryl methyl sites for hydroxylation is 1. The van der Waals surface area contributed by atoms with Crippen molar-refractivity contribution < 1.29 is 9.18 Å². The molecule has 1 amide bonds. The molecular weight excluding hydrogens is 347 g/mol. The van der Waals surface area contributed by atoms with Crippen LogP contribution < -0.4 is 5.32 Å². The molecule has 1 fully saturated rings. The van der Waals surface area contributed by atoms with Gasteiger partial charge in [0.25, 0.3) is 5.91 Å². The highest BCUT2D eigenvalue weighted by atomic mass is 19.1. The largest absolute Gasteiger partial charge is 0.346 e. The summed E-state index contributed by atoms with van der Waals surface area (Å²) in [6.07, 6.45) is 5.94. The first-order valence-corrected chi connectivity index (χ1v) is 8.58. The number of hydrogen-bond acceptors (Lipinski definition) is 5. The van der Waals surface area contributed by atoms with Crippen molar-refractivity contribution in [2.75, 3.05) is 13.1 Å². The minimum absolute atomic E-state index is 0.175. The lowest BCUT2D eigenvalue weighted by Crippen LogP contribution is -2.37. The first-order chi connectivity index (χ1) is 13.0. The van der Waals surface area contributed by atoms with E-state index < -0.39 is 11.7 Å². The van der Waals surface area contributed by atoms with Crippen LogP contribution in [0.3, 0.4) is 0 Å². The van der Waals surface area contributed by atoms with Crippen molar-refractivity contribution in [3.63, 3.8) is 0 Å². The molecule has 27 heavy (non-hydrogen) atoms. The standard InChI is InChI=1S/C19H17FN6O/c1-25-17-3-2-12(6-14(17)9-23-25)13-7-16(20)18(22-8-13)19(27)24-15-4-5-26(10-15)11-21/h2-3,6-9,15H,4-5,10H2,1H3,(H,24,27)/t15-/m1/s1. The summed E-state index contributed by atoms with van der Waals surface area (Å²) in [4.78, 5) is 17.9. The minimum Gasteiger partial charge on any atom is -0.346 e. The van der Waals surface area contributed by atoms with Crippen LogP contribution in [0.1, 0.15) is 16.9 Å². The normalized spacial score (nSPS) is 16.5. The van der Waals surface area contributed by atoms with E-state index in [1.165, 1.54) is 12.3 Å². The average molecular weight is 364 g/mol. The van der Waals surface area contributed by atoms with E-state index in [9.17, 15) is 9.18 Å². The summed E-state index contributed by atoms with van der Waals surface area (Å²) in [5.41, 5.74) is 2.13. The second-order valence-corrected chi connectivity index (χ2v) is 6.60. The van der Waals surface area contributed by atoms with Crippen LogP contribution in [0.25, 0.3) is 22.0 Å². The van der Waals surface area contributed by atoms with Crippen molar-refractivity contribution in [2.24, 2.45) is 7.05 Å². The number of likely N-dealkylation sites (tertiary alicyclic amines) is 1. The second-order valence-electron chi connectivity index (χ2n) is 6.60. The highest BCUT2D eigenvalue weighted by Crippen LogP contribution is 2.25. The lowest BCUT2D eigenvalue weighted by Gasteiger charge is -2.12. The molecule has 0 unspecified atom stereocenters. The second kappa shape index (κ2) is 6.68. The third-order valence-electron chi connectivity index (χ3n) is 4.80. The van der Waals surface area contributed by atoms with Crippen LogP contribution in [-0.2, 0) is 7.05 Å². The zero-order valence-electron chi connectivity index (χ0n) is 14.7. The fraction of sp³-hybridized carbons (Fsp3) is 0.263. The van der Waals surface area contributed by atoms with E-state index >= 15 is 0 Å². The number of hydrogen-bond donors (Lipinski definition) is 1. The summed E-state index contributed by atoms with van der Waals surface area (Å²) in [7, 11) is 1.86. The van der Waals surface area contributed by atoms with E-state index in [0.29, 0.717) is 25.1 Å². The molecular formula is C19H17FN6O. The van der Waals surface area contributed by atoms with Gasteiger partial charge in [-0.2, -0.15) is 10.4 Å². The van der Waals surface area contributed by atoms with Gasteiger partial charge in [0, 0.05) is 43.3 Å². The zero-order valence-corrected chi connectivity index (χ0v) is 14.7. The van der Waals surface area contributed by atoms with Gasteiger partial charge in [0.2, 0.25) is 0 Å². The molecule has 4 rings (SSSR count). The molecule has 1 atom stereocenters. The summed E-state index contributed by atoms with van der Waals surface area (Å²) in [5, 5.41) is 16.8. The third kappa shape index (κ3) is 3.19. The van der Waals surface area contributed by atoms with Crippen LogP contribution in [0.2, 0.25) is 0 Å². The molecule has 1 aliphatic rings. The van der Waals surface area contributed by atoms with Crippen LogP contribution >= 0.6 is 0 Å². The Balaban J connectivity index is 1.54. The SMILES string of the molecule is Cn1ncc2cc(-c3cnc(C(=O)N[C@@H]4CCN(C#N)C4)c(F)c3)ccc21. The van der Waals surface area contributed by atoms with Crippen LogP contribution in [0.5, 0.6) is 0 Å². The van der Waals surface area contributed by atoms with Gasteiger partial charge < -0.3 is 10.2 Å². The van der Waals surface area contributed by atoms with Gasteiger partial charge in [-0.1, -0.05) is 6.07 Å². The fourth-order valence-electron chi connectivity index (χ4n) is 3.33. The van der Waals surface area contributed by atoms with Gasteiger partial charge in [0.1, 0.15) is 0 Å². The molecule has 0 bridgehead atoms. The molecule has 3 aromatic rings. The number of pyridine rings is 1. The Hall–Kier alpha value is -3.47. The van der Waals surface area contributed by atoms with E-state index in [1.54, 1.807) is 15.8 Å². The Morgan fingerprint density at radius 2 is 2.19 bits per heavy atom. The van der Waals surface area contributed by atoms with E-state index in [1.807, 2.05) is 31.4 Å². The number of fused-ring (bicyclic) bond motifs is 1. The fourth-order valence-corrected chi connectivity index (χ4v) is 3.33. The summed E-state index contributed by atoms with van der Waals surface area (Å²) < 4.78 is 16.3. The number of carbonyl (C=O) groups is 1. The molecule has 0 spiro atoms. The molecule has 1 aliphatic heterocycles. The van der Waals surface area contributed by atoms with Crippen molar-refractivity contribution >= 4 is 16.8 Å². The van der Waals surface area contributed by atoms with E-state index in [-0.39, 0.29) is 11.7 Å². The van der Waals surface area contributed by atoms with Crippen LogP contribution in [0.4, 0.5) is 4.39 Å². The van der Waals surface area contributed by atoms with Crippen molar-refractivity contribution in [2.45, 2.75) is 12.5 Å². The Kier molecular flexibility index (Phi) is 4.20. The van der Waals surface area contributed by atoms with Crippen molar-refractivity contribution in [1.29, 1.82) is 5.26 Å².